The van der Waals surface area contributed by atoms with Gasteiger partial charge in [-0.15, -0.1) is 6.58 Å². The number of hydrogen-bond acceptors (Lipinski definition) is 5. The number of fused-ring (bicyclic) bond motifs is 1. The Morgan fingerprint density at radius 3 is 2.65 bits per heavy atom. The third kappa shape index (κ3) is 3.33. The molecule has 3 atom stereocenters. The lowest BCUT2D eigenvalue weighted by atomic mass is 9.96. The van der Waals surface area contributed by atoms with Gasteiger partial charge >= 0.3 is 6.09 Å². The Balaban J connectivity index is 1.78. The smallest absolute Gasteiger partial charge is 0.410 e. The van der Waals surface area contributed by atoms with Crippen molar-refractivity contribution in [2.45, 2.75) is 31.5 Å². The monoisotopic (exact) mass is 378 g/mol. The van der Waals surface area contributed by atoms with E-state index >= 15 is 0 Å². The number of hydrogen-bond donors (Lipinski definition) is 0. The fourth-order valence-electron chi connectivity index (χ4n) is 3.86. The molecule has 26 heavy (non-hydrogen) atoms. The molecule has 1 aromatic rings. The fraction of sp³-hybridized carbons (Fsp3) is 0.444. The first-order valence-electron chi connectivity index (χ1n) is 8.46. The van der Waals surface area contributed by atoms with Crippen molar-refractivity contribution < 1.29 is 22.7 Å². The van der Waals surface area contributed by atoms with Crippen molar-refractivity contribution in [1.82, 2.24) is 9.21 Å². The quantitative estimate of drug-likeness (QED) is 0.729. The zero-order chi connectivity index (χ0) is 18.9. The summed E-state index contributed by atoms with van der Waals surface area (Å²) in [5.41, 5.74) is 0.861. The van der Waals surface area contributed by atoms with Crippen LogP contribution in [0, 0.1) is 5.92 Å². The number of likely N-dealkylation sites (tertiary alicyclic amines) is 1. The summed E-state index contributed by atoms with van der Waals surface area (Å²) in [6.45, 7) is 4.14. The van der Waals surface area contributed by atoms with E-state index in [2.05, 4.69) is 6.58 Å². The minimum absolute atomic E-state index is 0.128. The molecule has 140 valence electrons. The van der Waals surface area contributed by atoms with Crippen LogP contribution in [0.1, 0.15) is 18.4 Å². The summed E-state index contributed by atoms with van der Waals surface area (Å²) in [6.07, 6.45) is 2.80. The minimum Gasteiger partial charge on any atom is -0.445 e. The molecule has 2 heterocycles. The topological polar surface area (TPSA) is 84.0 Å². The second-order valence-corrected chi connectivity index (χ2v) is 8.47. The second-order valence-electron chi connectivity index (χ2n) is 6.61. The van der Waals surface area contributed by atoms with E-state index in [0.29, 0.717) is 19.4 Å². The zero-order valence-corrected chi connectivity index (χ0v) is 15.4. The largest absolute Gasteiger partial charge is 0.445 e. The van der Waals surface area contributed by atoms with Crippen molar-refractivity contribution in [2.24, 2.45) is 5.92 Å². The Hall–Kier alpha value is -2.35. The standard InChI is InChI=1S/C18H22N2O5S/c1-3-7-14-16-15(20(17(14)21)26(2,23)24)10-11-19(16)18(22)25-12-13-8-5-4-6-9-13/h3-6,8-9,14-16H,1,7,10-12H2,2H3/t14-,15+,16-/m0/s1. The van der Waals surface area contributed by atoms with Crippen molar-refractivity contribution >= 4 is 22.0 Å². The highest BCUT2D eigenvalue weighted by atomic mass is 32.2. The highest BCUT2D eigenvalue weighted by Crippen LogP contribution is 2.39. The molecule has 2 aliphatic heterocycles. The molecule has 0 N–H and O–H groups in total. The SMILES string of the molecule is C=CC[C@@H]1C(=O)N(S(C)(=O)=O)[C@@H]2CCN(C(=O)OCc3ccccc3)[C@@H]12. The number of allylic oxidation sites excluding steroid dienone is 1. The lowest BCUT2D eigenvalue weighted by molar-refractivity contribution is -0.128. The van der Waals surface area contributed by atoms with E-state index in [1.165, 1.54) is 4.90 Å². The number of benzene rings is 1. The van der Waals surface area contributed by atoms with Crippen molar-refractivity contribution in [3.63, 3.8) is 0 Å². The third-order valence-electron chi connectivity index (χ3n) is 4.89. The minimum atomic E-state index is -3.69. The van der Waals surface area contributed by atoms with Crippen LogP contribution in [0.4, 0.5) is 4.79 Å². The predicted molar refractivity (Wildman–Crippen MR) is 95.5 cm³/mol. The van der Waals surface area contributed by atoms with Gasteiger partial charge in [0.25, 0.3) is 0 Å². The van der Waals surface area contributed by atoms with Gasteiger partial charge in [-0.1, -0.05) is 36.4 Å². The van der Waals surface area contributed by atoms with Crippen LogP contribution in [0.25, 0.3) is 0 Å². The molecule has 0 aliphatic carbocycles. The molecular weight excluding hydrogens is 356 g/mol. The lowest BCUT2D eigenvalue weighted by Crippen LogP contribution is -2.43. The Bertz CT molecular complexity index is 808. The predicted octanol–water partition coefficient (Wildman–Crippen LogP) is 1.76. The van der Waals surface area contributed by atoms with Gasteiger partial charge < -0.3 is 9.64 Å². The Labute approximate surface area is 153 Å². The molecule has 0 aromatic heterocycles. The van der Waals surface area contributed by atoms with Gasteiger partial charge in [-0.25, -0.2) is 17.5 Å². The van der Waals surface area contributed by atoms with Crippen LogP contribution in [-0.4, -0.2) is 54.5 Å². The molecule has 2 aliphatic rings. The Morgan fingerprint density at radius 1 is 1.35 bits per heavy atom. The number of carbonyl (C=O) groups excluding carboxylic acids is 2. The van der Waals surface area contributed by atoms with Crippen LogP contribution in [-0.2, 0) is 26.2 Å². The van der Waals surface area contributed by atoms with E-state index in [9.17, 15) is 18.0 Å². The average molecular weight is 378 g/mol. The van der Waals surface area contributed by atoms with Gasteiger partial charge in [0, 0.05) is 6.54 Å². The fourth-order valence-corrected chi connectivity index (χ4v) is 5.04. The summed E-state index contributed by atoms with van der Waals surface area (Å²) >= 11 is 0. The molecule has 0 bridgehead atoms. The van der Waals surface area contributed by atoms with Gasteiger partial charge in [0.1, 0.15) is 6.61 Å². The van der Waals surface area contributed by atoms with Crippen molar-refractivity contribution in [1.29, 1.82) is 0 Å². The van der Waals surface area contributed by atoms with E-state index in [1.807, 2.05) is 30.3 Å². The number of nitrogens with zero attached hydrogens (tertiary/aromatic N) is 2. The van der Waals surface area contributed by atoms with Crippen LogP contribution < -0.4 is 0 Å². The van der Waals surface area contributed by atoms with Crippen molar-refractivity contribution in [3.8, 4) is 0 Å². The molecule has 8 heteroatoms. The van der Waals surface area contributed by atoms with Crippen LogP contribution in [0.5, 0.6) is 0 Å². The molecule has 0 radical (unpaired) electrons. The number of sulfonamides is 1. The summed E-state index contributed by atoms with van der Waals surface area (Å²) < 4.78 is 30.5. The summed E-state index contributed by atoms with van der Waals surface area (Å²) in [7, 11) is -3.69. The molecule has 2 saturated heterocycles. The number of ether oxygens (including phenoxy) is 1. The van der Waals surface area contributed by atoms with Crippen LogP contribution >= 0.6 is 0 Å². The zero-order valence-electron chi connectivity index (χ0n) is 14.6. The number of amides is 2. The van der Waals surface area contributed by atoms with E-state index in [1.54, 1.807) is 6.08 Å². The van der Waals surface area contributed by atoms with Crippen LogP contribution in [0.3, 0.4) is 0 Å². The first kappa shape index (κ1) is 18.4. The second kappa shape index (κ2) is 7.11. The molecule has 0 spiro atoms. The van der Waals surface area contributed by atoms with Gasteiger partial charge in [-0.2, -0.15) is 0 Å². The Kier molecular flexibility index (Phi) is 5.04. The van der Waals surface area contributed by atoms with Gasteiger partial charge in [0.15, 0.2) is 0 Å². The first-order chi connectivity index (χ1) is 12.3. The first-order valence-corrected chi connectivity index (χ1v) is 10.3. The maximum absolute atomic E-state index is 12.6. The lowest BCUT2D eigenvalue weighted by Gasteiger charge is -2.26. The molecule has 7 nitrogen and oxygen atoms in total. The van der Waals surface area contributed by atoms with Crippen LogP contribution in [0.2, 0.25) is 0 Å². The van der Waals surface area contributed by atoms with E-state index in [-0.39, 0.29) is 6.61 Å². The maximum atomic E-state index is 12.6. The van der Waals surface area contributed by atoms with Gasteiger partial charge in [-0.3, -0.25) is 4.79 Å². The van der Waals surface area contributed by atoms with E-state index in [4.69, 9.17) is 4.74 Å². The van der Waals surface area contributed by atoms with Crippen molar-refractivity contribution in [3.05, 3.63) is 48.6 Å². The molecule has 3 rings (SSSR count). The normalized spacial score (nSPS) is 25.3. The third-order valence-corrected chi connectivity index (χ3v) is 6.05. The van der Waals surface area contributed by atoms with E-state index in [0.717, 1.165) is 16.1 Å². The highest BCUT2D eigenvalue weighted by Gasteiger charge is 2.57. The average Bonchev–Trinajstić information content (AvgIpc) is 3.12. The summed E-state index contributed by atoms with van der Waals surface area (Å²) in [5.74, 6) is -1.08. The van der Waals surface area contributed by atoms with Gasteiger partial charge in [0.2, 0.25) is 15.9 Å². The van der Waals surface area contributed by atoms with Crippen LogP contribution in [0.15, 0.2) is 43.0 Å². The summed E-state index contributed by atoms with van der Waals surface area (Å²) in [6, 6.07) is 8.24. The number of rotatable bonds is 5. The molecule has 2 amide bonds. The summed E-state index contributed by atoms with van der Waals surface area (Å²) in [5, 5.41) is 0. The van der Waals surface area contributed by atoms with Gasteiger partial charge in [0.05, 0.1) is 24.3 Å². The van der Waals surface area contributed by atoms with E-state index < -0.39 is 40.0 Å². The van der Waals surface area contributed by atoms with Crippen molar-refractivity contribution in [2.75, 3.05) is 12.8 Å². The maximum Gasteiger partial charge on any atom is 0.410 e. The molecule has 0 saturated carbocycles. The Morgan fingerprint density at radius 2 is 2.04 bits per heavy atom. The van der Waals surface area contributed by atoms with Gasteiger partial charge in [-0.05, 0) is 18.4 Å². The molecule has 0 unspecified atom stereocenters. The molecular formula is C18H22N2O5S. The highest BCUT2D eigenvalue weighted by molar-refractivity contribution is 7.88. The molecule has 1 aromatic carbocycles. The molecule has 2 fully saturated rings. The number of carbonyl (C=O) groups is 2. The summed E-state index contributed by atoms with van der Waals surface area (Å²) in [4.78, 5) is 26.7.